The number of carbonyl (C=O) groups is 1. The standard InChI is InChI=1S/C19H25N5O/c1-14(15-7-3-2-4-8-15)22-19-21-13-16(17(23-19)9-10-20)18(25)24-11-5-6-12-24/h2-4,7-8,13-14H,5-6,9-12,20H2,1H3,(H,21,22,23). The molecule has 2 heterocycles. The van der Waals surface area contributed by atoms with E-state index in [1.807, 2.05) is 23.1 Å². The van der Waals surface area contributed by atoms with E-state index in [1.54, 1.807) is 6.20 Å². The Hall–Kier alpha value is -2.47. The molecule has 1 fully saturated rings. The summed E-state index contributed by atoms with van der Waals surface area (Å²) in [5, 5.41) is 3.30. The third kappa shape index (κ3) is 4.14. The molecule has 1 unspecified atom stereocenters. The summed E-state index contributed by atoms with van der Waals surface area (Å²) in [6, 6.07) is 10.2. The number of anilines is 1. The molecule has 0 aliphatic carbocycles. The van der Waals surface area contributed by atoms with Crippen molar-refractivity contribution in [1.82, 2.24) is 14.9 Å². The van der Waals surface area contributed by atoms with Gasteiger partial charge in [0, 0.05) is 25.7 Å². The van der Waals surface area contributed by atoms with Crippen LogP contribution in [0.1, 0.15) is 47.4 Å². The first-order chi connectivity index (χ1) is 12.2. The Bertz CT molecular complexity index is 713. The van der Waals surface area contributed by atoms with Gasteiger partial charge in [0.25, 0.3) is 5.91 Å². The van der Waals surface area contributed by atoms with Gasteiger partial charge in [0.15, 0.2) is 0 Å². The number of aromatic nitrogens is 2. The lowest BCUT2D eigenvalue weighted by molar-refractivity contribution is 0.0791. The summed E-state index contributed by atoms with van der Waals surface area (Å²) in [7, 11) is 0. The average Bonchev–Trinajstić information content (AvgIpc) is 3.17. The van der Waals surface area contributed by atoms with Crippen LogP contribution in [-0.2, 0) is 6.42 Å². The molecule has 1 aliphatic heterocycles. The van der Waals surface area contributed by atoms with E-state index >= 15 is 0 Å². The van der Waals surface area contributed by atoms with Crippen LogP contribution in [0.15, 0.2) is 36.5 Å². The Morgan fingerprint density at radius 3 is 2.68 bits per heavy atom. The fourth-order valence-electron chi connectivity index (χ4n) is 3.10. The molecule has 1 saturated heterocycles. The molecule has 3 N–H and O–H groups in total. The van der Waals surface area contributed by atoms with Gasteiger partial charge in [0.05, 0.1) is 17.3 Å². The largest absolute Gasteiger partial charge is 0.348 e. The van der Waals surface area contributed by atoms with E-state index in [0.717, 1.165) is 37.2 Å². The number of nitrogens with two attached hydrogens (primary N) is 1. The number of nitrogens with zero attached hydrogens (tertiary/aromatic N) is 3. The minimum atomic E-state index is 0.0172. The molecule has 132 valence electrons. The highest BCUT2D eigenvalue weighted by molar-refractivity contribution is 5.95. The number of benzene rings is 1. The molecule has 25 heavy (non-hydrogen) atoms. The Morgan fingerprint density at radius 2 is 2.00 bits per heavy atom. The fourth-order valence-corrected chi connectivity index (χ4v) is 3.10. The Balaban J connectivity index is 1.79. The molecule has 2 aromatic rings. The number of hydrogen-bond donors (Lipinski definition) is 2. The van der Waals surface area contributed by atoms with Crippen LogP contribution in [0.5, 0.6) is 0 Å². The third-order valence-corrected chi connectivity index (χ3v) is 4.52. The molecule has 1 aromatic carbocycles. The molecule has 3 rings (SSSR count). The smallest absolute Gasteiger partial charge is 0.257 e. The minimum Gasteiger partial charge on any atom is -0.348 e. The van der Waals surface area contributed by atoms with Crippen molar-refractivity contribution in [2.75, 3.05) is 25.0 Å². The van der Waals surface area contributed by atoms with Gasteiger partial charge in [0.2, 0.25) is 5.95 Å². The summed E-state index contributed by atoms with van der Waals surface area (Å²) < 4.78 is 0. The number of carbonyl (C=O) groups excluding carboxylic acids is 1. The summed E-state index contributed by atoms with van der Waals surface area (Å²) in [6.07, 6.45) is 4.32. The van der Waals surface area contributed by atoms with E-state index in [2.05, 4.69) is 34.3 Å². The van der Waals surface area contributed by atoms with Crippen LogP contribution in [0.25, 0.3) is 0 Å². The highest BCUT2D eigenvalue weighted by Gasteiger charge is 2.23. The van der Waals surface area contributed by atoms with Crippen LogP contribution in [0.2, 0.25) is 0 Å². The van der Waals surface area contributed by atoms with Crippen molar-refractivity contribution in [3.8, 4) is 0 Å². The lowest BCUT2D eigenvalue weighted by Crippen LogP contribution is -2.29. The van der Waals surface area contributed by atoms with Crippen LogP contribution >= 0.6 is 0 Å². The summed E-state index contributed by atoms with van der Waals surface area (Å²) >= 11 is 0. The second kappa shape index (κ2) is 8.07. The Kier molecular flexibility index (Phi) is 5.60. The maximum atomic E-state index is 12.7. The second-order valence-electron chi connectivity index (χ2n) is 6.37. The zero-order chi connectivity index (χ0) is 17.6. The van der Waals surface area contributed by atoms with Crippen molar-refractivity contribution < 1.29 is 4.79 Å². The number of amides is 1. The molecule has 1 amide bonds. The van der Waals surface area contributed by atoms with Crippen LogP contribution < -0.4 is 11.1 Å². The molecule has 6 heteroatoms. The van der Waals surface area contributed by atoms with Crippen LogP contribution in [0.4, 0.5) is 5.95 Å². The molecular formula is C19H25N5O. The van der Waals surface area contributed by atoms with E-state index in [0.29, 0.717) is 24.5 Å². The van der Waals surface area contributed by atoms with Crippen molar-refractivity contribution in [2.24, 2.45) is 5.73 Å². The quantitative estimate of drug-likeness (QED) is 0.844. The SMILES string of the molecule is CC(Nc1ncc(C(=O)N2CCCC2)c(CCN)n1)c1ccccc1. The lowest BCUT2D eigenvalue weighted by Gasteiger charge is -2.18. The molecule has 1 aliphatic rings. The number of nitrogens with one attached hydrogen (secondary N) is 1. The van der Waals surface area contributed by atoms with Crippen LogP contribution in [0.3, 0.4) is 0 Å². The molecule has 0 saturated carbocycles. The molecule has 0 spiro atoms. The van der Waals surface area contributed by atoms with Gasteiger partial charge in [-0.25, -0.2) is 9.97 Å². The molecular weight excluding hydrogens is 314 g/mol. The van der Waals surface area contributed by atoms with Gasteiger partial charge < -0.3 is 16.0 Å². The predicted octanol–water partition coefficient (Wildman–Crippen LogP) is 2.39. The van der Waals surface area contributed by atoms with E-state index in [1.165, 1.54) is 0 Å². The van der Waals surface area contributed by atoms with Gasteiger partial charge in [-0.2, -0.15) is 0 Å². The molecule has 1 atom stereocenters. The lowest BCUT2D eigenvalue weighted by atomic mass is 10.1. The van der Waals surface area contributed by atoms with Crippen LogP contribution in [0, 0.1) is 0 Å². The maximum Gasteiger partial charge on any atom is 0.257 e. The highest BCUT2D eigenvalue weighted by Crippen LogP contribution is 2.19. The molecule has 1 aromatic heterocycles. The average molecular weight is 339 g/mol. The molecule has 0 radical (unpaired) electrons. The summed E-state index contributed by atoms with van der Waals surface area (Å²) in [6.45, 7) is 4.13. The second-order valence-corrected chi connectivity index (χ2v) is 6.37. The summed E-state index contributed by atoms with van der Waals surface area (Å²) in [5.74, 6) is 0.543. The Labute approximate surface area is 148 Å². The van der Waals surface area contributed by atoms with Crippen molar-refractivity contribution in [1.29, 1.82) is 0 Å². The first-order valence-electron chi connectivity index (χ1n) is 8.86. The van der Waals surface area contributed by atoms with Crippen LogP contribution in [-0.4, -0.2) is 40.4 Å². The van der Waals surface area contributed by atoms with Crippen molar-refractivity contribution in [2.45, 2.75) is 32.2 Å². The van der Waals surface area contributed by atoms with E-state index in [-0.39, 0.29) is 11.9 Å². The van der Waals surface area contributed by atoms with E-state index < -0.39 is 0 Å². The predicted molar refractivity (Wildman–Crippen MR) is 98.4 cm³/mol. The first-order valence-corrected chi connectivity index (χ1v) is 8.86. The van der Waals surface area contributed by atoms with Gasteiger partial charge in [-0.3, -0.25) is 4.79 Å². The van der Waals surface area contributed by atoms with E-state index in [4.69, 9.17) is 5.73 Å². The van der Waals surface area contributed by atoms with Crippen molar-refractivity contribution in [3.63, 3.8) is 0 Å². The zero-order valence-electron chi connectivity index (χ0n) is 14.6. The number of likely N-dealkylation sites (tertiary alicyclic amines) is 1. The number of rotatable bonds is 6. The monoisotopic (exact) mass is 339 g/mol. The van der Waals surface area contributed by atoms with Gasteiger partial charge in [0.1, 0.15) is 0 Å². The highest BCUT2D eigenvalue weighted by atomic mass is 16.2. The molecule has 6 nitrogen and oxygen atoms in total. The van der Waals surface area contributed by atoms with Gasteiger partial charge in [-0.1, -0.05) is 30.3 Å². The zero-order valence-corrected chi connectivity index (χ0v) is 14.6. The van der Waals surface area contributed by atoms with Gasteiger partial charge >= 0.3 is 0 Å². The minimum absolute atomic E-state index is 0.0172. The number of hydrogen-bond acceptors (Lipinski definition) is 5. The Morgan fingerprint density at radius 1 is 1.28 bits per heavy atom. The maximum absolute atomic E-state index is 12.7. The third-order valence-electron chi connectivity index (χ3n) is 4.52. The van der Waals surface area contributed by atoms with Crippen molar-refractivity contribution in [3.05, 3.63) is 53.3 Å². The fraction of sp³-hybridized carbons (Fsp3) is 0.421. The first kappa shape index (κ1) is 17.4. The topological polar surface area (TPSA) is 84.1 Å². The van der Waals surface area contributed by atoms with Crippen molar-refractivity contribution >= 4 is 11.9 Å². The summed E-state index contributed by atoms with van der Waals surface area (Å²) in [5.41, 5.74) is 8.17. The molecule has 0 bridgehead atoms. The summed E-state index contributed by atoms with van der Waals surface area (Å²) in [4.78, 5) is 23.5. The van der Waals surface area contributed by atoms with E-state index in [9.17, 15) is 4.79 Å². The normalized spacial score (nSPS) is 15.2. The van der Waals surface area contributed by atoms with Gasteiger partial charge in [-0.15, -0.1) is 0 Å². The van der Waals surface area contributed by atoms with Gasteiger partial charge in [-0.05, 0) is 31.9 Å².